The van der Waals surface area contributed by atoms with Crippen LogP contribution >= 0.6 is 0 Å². The summed E-state index contributed by atoms with van der Waals surface area (Å²) >= 11 is 0. The van der Waals surface area contributed by atoms with Gasteiger partial charge in [0.2, 0.25) is 0 Å². The van der Waals surface area contributed by atoms with Crippen LogP contribution in [-0.2, 0) is 38.0 Å². The summed E-state index contributed by atoms with van der Waals surface area (Å²) in [5.41, 5.74) is -0.518. The number of rotatable bonds is 20. The van der Waals surface area contributed by atoms with Crippen LogP contribution < -0.4 is 0 Å². The summed E-state index contributed by atoms with van der Waals surface area (Å²) in [5.74, 6) is -1.21. The average molecular weight is 480 g/mol. The third kappa shape index (κ3) is 23.0. The van der Waals surface area contributed by atoms with Crippen LogP contribution in [0.25, 0.3) is 0 Å². The highest BCUT2D eigenvalue weighted by Gasteiger charge is 2.19. The zero-order valence-electron chi connectivity index (χ0n) is 20.5. The number of nitrogens with zero attached hydrogens (tertiary/aromatic N) is 1. The second-order valence-electron chi connectivity index (χ2n) is 8.17. The summed E-state index contributed by atoms with van der Waals surface area (Å²) in [6.45, 7) is 9.22. The van der Waals surface area contributed by atoms with Crippen LogP contribution in [0.5, 0.6) is 0 Å². The largest absolute Gasteiger partial charge is 0.481 e. The van der Waals surface area contributed by atoms with E-state index in [1.807, 2.05) is 20.8 Å². The molecule has 11 heteroatoms. The van der Waals surface area contributed by atoms with Gasteiger partial charge in [-0.05, 0) is 33.6 Å². The zero-order chi connectivity index (χ0) is 25.0. The van der Waals surface area contributed by atoms with E-state index in [4.69, 9.17) is 33.5 Å². The van der Waals surface area contributed by atoms with Gasteiger partial charge in [0.25, 0.3) is 0 Å². The van der Waals surface area contributed by atoms with Gasteiger partial charge in [0.15, 0.2) is 0 Å². The fourth-order valence-corrected chi connectivity index (χ4v) is 2.23. The van der Waals surface area contributed by atoms with Gasteiger partial charge in [-0.15, -0.1) is 0 Å². The molecule has 0 spiro atoms. The van der Waals surface area contributed by atoms with E-state index in [2.05, 4.69) is 0 Å². The number of amides is 1. The Kier molecular flexibility index (Phi) is 18.4. The molecular formula is C22H41NO10. The number of likely N-dealkylation sites (N-methyl/N-ethyl adjacent to an activating group) is 1. The lowest BCUT2D eigenvalue weighted by atomic mass is 10.2. The summed E-state index contributed by atoms with van der Waals surface area (Å²) in [6, 6.07) is 0. The Bertz CT molecular complexity index is 536. The summed E-state index contributed by atoms with van der Waals surface area (Å²) in [4.78, 5) is 35.0. The molecule has 0 heterocycles. The normalized spacial score (nSPS) is 11.3. The van der Waals surface area contributed by atoms with E-state index in [9.17, 15) is 14.4 Å². The van der Waals surface area contributed by atoms with Crippen LogP contribution in [0.2, 0.25) is 0 Å². The molecule has 194 valence electrons. The molecule has 0 fully saturated rings. The van der Waals surface area contributed by atoms with E-state index in [0.717, 1.165) is 0 Å². The number of carbonyl (C=O) groups excluding carboxylic acids is 2. The molecule has 0 aromatic rings. The first kappa shape index (κ1) is 31.0. The molecule has 0 saturated heterocycles. The number of carbonyl (C=O) groups is 3. The first-order valence-corrected chi connectivity index (χ1v) is 11.2. The monoisotopic (exact) mass is 479 g/mol. The van der Waals surface area contributed by atoms with Crippen molar-refractivity contribution in [3.05, 3.63) is 0 Å². The topological polar surface area (TPSA) is 130 Å². The number of aliphatic carboxylic acids is 1. The molecule has 0 aliphatic carbocycles. The van der Waals surface area contributed by atoms with E-state index >= 15 is 0 Å². The molecule has 0 aromatic heterocycles. The molecular weight excluding hydrogens is 438 g/mol. The molecule has 0 aromatic carbocycles. The van der Waals surface area contributed by atoms with Crippen molar-refractivity contribution in [1.82, 2.24) is 4.90 Å². The van der Waals surface area contributed by atoms with Crippen molar-refractivity contribution >= 4 is 18.0 Å². The van der Waals surface area contributed by atoms with Gasteiger partial charge < -0.3 is 38.4 Å². The number of unbranched alkanes of at least 4 members (excludes halogenated alkanes) is 1. The molecule has 0 unspecified atom stereocenters. The summed E-state index contributed by atoms with van der Waals surface area (Å²) < 4.78 is 31.7. The van der Waals surface area contributed by atoms with E-state index in [1.54, 1.807) is 7.05 Å². The molecule has 0 aliphatic rings. The molecule has 0 bridgehead atoms. The van der Waals surface area contributed by atoms with Crippen LogP contribution in [-0.4, -0.2) is 107 Å². The van der Waals surface area contributed by atoms with Crippen LogP contribution in [0.1, 0.15) is 46.5 Å². The lowest BCUT2D eigenvalue weighted by Crippen LogP contribution is -2.36. The minimum atomic E-state index is -0.864. The van der Waals surface area contributed by atoms with Crippen molar-refractivity contribution in [1.29, 1.82) is 0 Å². The standard InChI is InChI=1S/C22H41NO10/c1-22(2,3)33-21(27)23(4)9-10-28-11-12-29-13-14-30-15-16-31-17-18-32-20(26)8-6-5-7-19(24)25/h5-18H2,1-4H3,(H,24,25). The van der Waals surface area contributed by atoms with Crippen molar-refractivity contribution in [2.45, 2.75) is 52.1 Å². The van der Waals surface area contributed by atoms with Crippen molar-refractivity contribution in [2.24, 2.45) is 0 Å². The third-order valence-corrected chi connectivity index (χ3v) is 3.90. The van der Waals surface area contributed by atoms with Crippen molar-refractivity contribution < 1.29 is 47.9 Å². The smallest absolute Gasteiger partial charge is 0.410 e. The molecule has 0 saturated carbocycles. The van der Waals surface area contributed by atoms with Gasteiger partial charge >= 0.3 is 18.0 Å². The SMILES string of the molecule is CN(CCOCCOCCOCCOCCOC(=O)CCCCC(=O)O)C(=O)OC(C)(C)C. The summed E-state index contributed by atoms with van der Waals surface area (Å²) in [7, 11) is 1.66. The first-order valence-electron chi connectivity index (χ1n) is 11.2. The highest BCUT2D eigenvalue weighted by molar-refractivity contribution is 5.69. The van der Waals surface area contributed by atoms with Gasteiger partial charge in [0, 0.05) is 26.4 Å². The second kappa shape index (κ2) is 19.5. The van der Waals surface area contributed by atoms with E-state index in [-0.39, 0.29) is 38.1 Å². The fourth-order valence-electron chi connectivity index (χ4n) is 2.23. The van der Waals surface area contributed by atoms with Gasteiger partial charge in [0.1, 0.15) is 12.2 Å². The number of hydrogen-bond donors (Lipinski definition) is 1. The summed E-state index contributed by atoms with van der Waals surface area (Å²) in [6.07, 6.45) is 0.853. The van der Waals surface area contributed by atoms with Crippen LogP contribution in [0.4, 0.5) is 4.79 Å². The molecule has 0 radical (unpaired) electrons. The molecule has 0 aliphatic heterocycles. The van der Waals surface area contributed by atoms with E-state index in [1.165, 1.54) is 4.90 Å². The second-order valence-corrected chi connectivity index (χ2v) is 8.17. The quantitative estimate of drug-likeness (QED) is 0.205. The fraction of sp³-hybridized carbons (Fsp3) is 0.864. The number of esters is 1. The first-order chi connectivity index (χ1) is 15.6. The number of carboxylic acid groups (broad SMARTS) is 1. The van der Waals surface area contributed by atoms with Crippen LogP contribution in [0.3, 0.4) is 0 Å². The maximum Gasteiger partial charge on any atom is 0.410 e. The van der Waals surface area contributed by atoms with E-state index in [0.29, 0.717) is 65.6 Å². The molecule has 33 heavy (non-hydrogen) atoms. The number of hydrogen-bond acceptors (Lipinski definition) is 9. The van der Waals surface area contributed by atoms with Gasteiger partial charge in [-0.1, -0.05) is 0 Å². The predicted octanol–water partition coefficient (Wildman–Crippen LogP) is 2.11. The minimum Gasteiger partial charge on any atom is -0.481 e. The lowest BCUT2D eigenvalue weighted by Gasteiger charge is -2.24. The Labute approximate surface area is 196 Å². The molecule has 1 amide bonds. The van der Waals surface area contributed by atoms with E-state index < -0.39 is 11.6 Å². The minimum absolute atomic E-state index is 0.0599. The van der Waals surface area contributed by atoms with Crippen molar-refractivity contribution in [3.8, 4) is 0 Å². The third-order valence-electron chi connectivity index (χ3n) is 3.90. The van der Waals surface area contributed by atoms with Gasteiger partial charge in [0.05, 0.1) is 52.9 Å². The van der Waals surface area contributed by atoms with Gasteiger partial charge in [-0.2, -0.15) is 0 Å². The van der Waals surface area contributed by atoms with Crippen molar-refractivity contribution in [2.75, 3.05) is 73.1 Å². The summed E-state index contributed by atoms with van der Waals surface area (Å²) in [5, 5.41) is 8.51. The highest BCUT2D eigenvalue weighted by atomic mass is 16.6. The predicted molar refractivity (Wildman–Crippen MR) is 119 cm³/mol. The maximum atomic E-state index is 11.8. The van der Waals surface area contributed by atoms with Crippen molar-refractivity contribution in [3.63, 3.8) is 0 Å². The van der Waals surface area contributed by atoms with Crippen LogP contribution in [0, 0.1) is 0 Å². The Hall–Kier alpha value is -1.95. The number of ether oxygens (including phenoxy) is 6. The highest BCUT2D eigenvalue weighted by Crippen LogP contribution is 2.08. The van der Waals surface area contributed by atoms with Gasteiger partial charge in [-0.3, -0.25) is 9.59 Å². The zero-order valence-corrected chi connectivity index (χ0v) is 20.5. The Balaban J connectivity index is 3.32. The Morgan fingerprint density at radius 3 is 1.67 bits per heavy atom. The molecule has 0 atom stereocenters. The van der Waals surface area contributed by atoms with Crippen LogP contribution in [0.15, 0.2) is 0 Å². The molecule has 0 rings (SSSR count). The Morgan fingerprint density at radius 2 is 1.18 bits per heavy atom. The molecule has 11 nitrogen and oxygen atoms in total. The average Bonchev–Trinajstić information content (AvgIpc) is 2.72. The molecule has 1 N–H and O–H groups in total. The maximum absolute atomic E-state index is 11.8. The number of carboxylic acids is 1. The lowest BCUT2D eigenvalue weighted by molar-refractivity contribution is -0.146. The Morgan fingerprint density at radius 1 is 0.727 bits per heavy atom. The van der Waals surface area contributed by atoms with Gasteiger partial charge in [-0.25, -0.2) is 4.79 Å².